The van der Waals surface area contributed by atoms with Crippen LogP contribution in [0, 0.1) is 10.8 Å². The average molecular weight is 760 g/mol. The van der Waals surface area contributed by atoms with Crippen molar-refractivity contribution in [2.75, 3.05) is 53.4 Å². The molecule has 0 aliphatic carbocycles. The van der Waals surface area contributed by atoms with Crippen LogP contribution in [0.4, 0.5) is 0 Å². The van der Waals surface area contributed by atoms with Crippen LogP contribution < -0.4 is 16.0 Å². The number of nitrogens with one attached hydrogen (secondary N) is 3. The summed E-state index contributed by atoms with van der Waals surface area (Å²) in [5.41, 5.74) is 0.0589. The molecule has 9 heteroatoms. The molecule has 0 unspecified atom stereocenters. The smallest absolute Gasteiger partial charge is 0.242 e. The van der Waals surface area contributed by atoms with E-state index in [1.807, 2.05) is 37.5 Å². The molecule has 3 N–H and O–H groups in total. The van der Waals surface area contributed by atoms with E-state index in [1.165, 1.54) is 64.5 Å². The maximum atomic E-state index is 12.8. The molecule has 4 heterocycles. The zero-order valence-corrected chi connectivity index (χ0v) is 38.9. The summed E-state index contributed by atoms with van der Waals surface area (Å²) in [6.07, 6.45) is 11.3. The summed E-state index contributed by atoms with van der Waals surface area (Å²) in [6, 6.07) is 1.41. The molecule has 9 nitrogen and oxygen atoms in total. The van der Waals surface area contributed by atoms with Gasteiger partial charge < -0.3 is 30.2 Å². The molecule has 4 saturated heterocycles. The number of carbonyl (C=O) groups is 2. The van der Waals surface area contributed by atoms with E-state index >= 15 is 0 Å². The molecule has 4 fully saturated rings. The van der Waals surface area contributed by atoms with Gasteiger partial charge in [-0.25, -0.2) is 0 Å². The molecule has 0 aromatic carbocycles. The van der Waals surface area contributed by atoms with Crippen molar-refractivity contribution in [3.05, 3.63) is 0 Å². The van der Waals surface area contributed by atoms with Gasteiger partial charge in [-0.2, -0.15) is 0 Å². The first-order valence-corrected chi connectivity index (χ1v) is 21.6. The SMILES string of the molecule is CC1(C)CN(CCN2CC(C)(C)NC(C)(C)C2=O)C(=O)C(C)(C)C1.CN(CCCCCCN(C)C1CC(C)(C)NC(C)(C)C1)C1CC(C)(C)NC(C)(C)C1. The normalized spacial score (nSPS) is 27.2. The Kier molecular flexibility index (Phi) is 14.8. The highest BCUT2D eigenvalue weighted by Gasteiger charge is 2.46. The molecule has 0 saturated carbocycles. The molecule has 0 spiro atoms. The van der Waals surface area contributed by atoms with Crippen molar-refractivity contribution >= 4 is 11.8 Å². The highest BCUT2D eigenvalue weighted by molar-refractivity contribution is 5.87. The second-order valence-electron chi connectivity index (χ2n) is 23.6. The summed E-state index contributed by atoms with van der Waals surface area (Å²) in [7, 11) is 4.69. The Morgan fingerprint density at radius 3 is 1.28 bits per heavy atom. The fourth-order valence-corrected chi connectivity index (χ4v) is 11.4. The van der Waals surface area contributed by atoms with Crippen molar-refractivity contribution in [3.8, 4) is 0 Å². The third kappa shape index (κ3) is 14.0. The van der Waals surface area contributed by atoms with E-state index in [1.54, 1.807) is 0 Å². The zero-order chi connectivity index (χ0) is 41.3. The third-order valence-electron chi connectivity index (χ3n) is 12.5. The minimum absolute atomic E-state index is 0.114. The molecule has 54 heavy (non-hydrogen) atoms. The minimum atomic E-state index is -0.563. The largest absolute Gasteiger partial charge is 0.340 e. The van der Waals surface area contributed by atoms with Crippen LogP contribution >= 0.6 is 0 Å². The lowest BCUT2D eigenvalue weighted by Gasteiger charge is -2.49. The van der Waals surface area contributed by atoms with E-state index in [0.29, 0.717) is 31.7 Å². The number of hydrogen-bond donors (Lipinski definition) is 3. The summed E-state index contributed by atoms with van der Waals surface area (Å²) in [5, 5.41) is 11.0. The Morgan fingerprint density at radius 2 is 0.889 bits per heavy atom. The summed E-state index contributed by atoms with van der Waals surface area (Å²) < 4.78 is 0. The predicted molar refractivity (Wildman–Crippen MR) is 229 cm³/mol. The molecule has 2 amide bonds. The first-order valence-electron chi connectivity index (χ1n) is 21.6. The zero-order valence-electron chi connectivity index (χ0n) is 38.9. The lowest BCUT2D eigenvalue weighted by Crippen LogP contribution is -2.70. The van der Waals surface area contributed by atoms with Crippen LogP contribution in [0.1, 0.15) is 169 Å². The van der Waals surface area contributed by atoms with Gasteiger partial charge in [0.15, 0.2) is 0 Å². The van der Waals surface area contributed by atoms with Gasteiger partial charge in [0.1, 0.15) is 0 Å². The highest BCUT2D eigenvalue weighted by Crippen LogP contribution is 2.40. The van der Waals surface area contributed by atoms with Gasteiger partial charge >= 0.3 is 0 Å². The van der Waals surface area contributed by atoms with Crippen LogP contribution in [0.3, 0.4) is 0 Å². The number of nitrogens with zero attached hydrogens (tertiary/aromatic N) is 4. The van der Waals surface area contributed by atoms with E-state index in [9.17, 15) is 9.59 Å². The van der Waals surface area contributed by atoms with Crippen molar-refractivity contribution < 1.29 is 9.59 Å². The molecule has 316 valence electrons. The lowest BCUT2D eigenvalue weighted by atomic mass is 9.70. The minimum Gasteiger partial charge on any atom is -0.340 e. The number of rotatable bonds is 12. The summed E-state index contributed by atoms with van der Waals surface area (Å²) >= 11 is 0. The van der Waals surface area contributed by atoms with E-state index < -0.39 is 5.54 Å². The van der Waals surface area contributed by atoms with E-state index in [-0.39, 0.29) is 50.3 Å². The topological polar surface area (TPSA) is 83.2 Å². The van der Waals surface area contributed by atoms with Gasteiger partial charge in [0.05, 0.1) is 5.54 Å². The summed E-state index contributed by atoms with van der Waals surface area (Å²) in [4.78, 5) is 34.6. The number of amides is 2. The highest BCUT2D eigenvalue weighted by atomic mass is 16.2. The quantitative estimate of drug-likeness (QED) is 0.181. The van der Waals surface area contributed by atoms with Crippen molar-refractivity contribution in [1.82, 2.24) is 35.6 Å². The number of piperidine rings is 3. The first kappa shape index (κ1) is 47.1. The summed E-state index contributed by atoms with van der Waals surface area (Å²) in [5.74, 6) is 0.327. The monoisotopic (exact) mass is 760 g/mol. The number of piperazine rings is 1. The molecule has 4 rings (SSSR count). The van der Waals surface area contributed by atoms with Crippen molar-refractivity contribution in [2.24, 2.45) is 10.8 Å². The van der Waals surface area contributed by atoms with Crippen molar-refractivity contribution in [3.63, 3.8) is 0 Å². The maximum Gasteiger partial charge on any atom is 0.242 e. The first-order chi connectivity index (χ1) is 24.3. The number of hydrogen-bond acceptors (Lipinski definition) is 7. The Balaban J connectivity index is 0.000000297. The molecule has 0 aromatic rings. The van der Waals surface area contributed by atoms with Crippen molar-refractivity contribution in [1.29, 1.82) is 0 Å². The molecule has 0 bridgehead atoms. The van der Waals surface area contributed by atoms with Gasteiger partial charge in [-0.05, 0) is 161 Å². The van der Waals surface area contributed by atoms with Crippen molar-refractivity contribution in [2.45, 2.75) is 214 Å². The van der Waals surface area contributed by atoms with Crippen LogP contribution in [0.15, 0.2) is 0 Å². The van der Waals surface area contributed by atoms with Gasteiger partial charge in [-0.15, -0.1) is 0 Å². The van der Waals surface area contributed by atoms with Gasteiger partial charge in [-0.1, -0.05) is 40.5 Å². The van der Waals surface area contributed by atoms with E-state index in [2.05, 4.69) is 123 Å². The maximum absolute atomic E-state index is 12.8. The molecule has 0 atom stereocenters. The van der Waals surface area contributed by atoms with Gasteiger partial charge in [-0.3, -0.25) is 14.9 Å². The average Bonchev–Trinajstić information content (AvgIpc) is 2.94. The third-order valence-corrected chi connectivity index (χ3v) is 12.5. The molecule has 0 radical (unpaired) electrons. The number of likely N-dealkylation sites (tertiary alicyclic amines) is 1. The van der Waals surface area contributed by atoms with Crippen LogP contribution in [0.5, 0.6) is 0 Å². The Hall–Kier alpha value is -1.26. The van der Waals surface area contributed by atoms with Crippen LogP contribution in [0.25, 0.3) is 0 Å². The Bertz CT molecular complexity index is 1140. The van der Waals surface area contributed by atoms with Gasteiger partial charge in [0.2, 0.25) is 11.8 Å². The number of carbonyl (C=O) groups excluding carboxylic acids is 2. The predicted octanol–water partition coefficient (Wildman–Crippen LogP) is 7.29. The molecular formula is C45H89N7O2. The fraction of sp³-hybridized carbons (Fsp3) is 0.956. The Morgan fingerprint density at radius 1 is 0.519 bits per heavy atom. The second-order valence-corrected chi connectivity index (χ2v) is 23.6. The van der Waals surface area contributed by atoms with Crippen LogP contribution in [-0.2, 0) is 9.59 Å². The summed E-state index contributed by atoms with van der Waals surface area (Å²) in [6.45, 7) is 40.6. The van der Waals surface area contributed by atoms with Crippen LogP contribution in [-0.4, -0.2) is 130 Å². The fourth-order valence-electron chi connectivity index (χ4n) is 11.4. The molecule has 4 aliphatic rings. The molecular weight excluding hydrogens is 671 g/mol. The van der Waals surface area contributed by atoms with Gasteiger partial charge in [0.25, 0.3) is 0 Å². The van der Waals surface area contributed by atoms with Gasteiger partial charge in [0, 0.05) is 71.4 Å². The molecule has 4 aliphatic heterocycles. The van der Waals surface area contributed by atoms with Crippen LogP contribution in [0.2, 0.25) is 0 Å². The second kappa shape index (κ2) is 16.9. The standard InChI is InChI=1S/C26H54N4.C19H35N3O2/c1-23(2)17-21(18-24(3,4)27-23)29(9)15-13-11-12-14-16-30(10)22-19-25(5,6)28-26(7,8)20-22;1-16(2)11-17(3,4)14(23)21(12-16)9-10-22-13-18(5,6)20-19(7,8)15(22)24/h21-22,27-28H,11-20H2,1-10H3;20H,9-13H2,1-8H3. The van der Waals surface area contributed by atoms with E-state index in [4.69, 9.17) is 0 Å². The van der Waals surface area contributed by atoms with E-state index in [0.717, 1.165) is 13.0 Å². The molecule has 0 aromatic heterocycles. The Labute approximate surface area is 334 Å². The number of unbranched alkanes of at least 4 members (excludes halogenated alkanes) is 3. The lowest BCUT2D eigenvalue weighted by molar-refractivity contribution is -0.152.